The molecule has 0 saturated carbocycles. The first-order valence-electron chi connectivity index (χ1n) is 11.3. The summed E-state index contributed by atoms with van der Waals surface area (Å²) < 4.78 is 21.9. The van der Waals surface area contributed by atoms with E-state index >= 15 is 0 Å². The average Bonchev–Trinajstić information content (AvgIpc) is 3.60. The second kappa shape index (κ2) is 8.23. The molecule has 2 aromatic heterocycles. The molecule has 1 saturated heterocycles. The molecular formula is C26H24N2O6. The number of piperidine rings is 1. The highest BCUT2D eigenvalue weighted by molar-refractivity contribution is 6.04. The molecule has 8 heteroatoms. The Morgan fingerprint density at radius 1 is 1.03 bits per heavy atom. The van der Waals surface area contributed by atoms with Crippen molar-refractivity contribution in [3.63, 3.8) is 0 Å². The Hall–Kier alpha value is -3.75. The van der Waals surface area contributed by atoms with Crippen molar-refractivity contribution in [2.45, 2.75) is 25.0 Å². The highest BCUT2D eigenvalue weighted by Gasteiger charge is 2.34. The van der Waals surface area contributed by atoms with Crippen LogP contribution in [0, 0.1) is 0 Å². The van der Waals surface area contributed by atoms with Gasteiger partial charge in [0.25, 0.3) is 5.91 Å². The number of furan rings is 2. The quantitative estimate of drug-likeness (QED) is 0.453. The maximum atomic E-state index is 12.8. The zero-order valence-corrected chi connectivity index (χ0v) is 18.5. The van der Waals surface area contributed by atoms with Gasteiger partial charge in [-0.05, 0) is 60.9 Å². The number of aliphatic hydroxyl groups is 1. The molecule has 0 bridgehead atoms. The number of fused-ring (bicyclic) bond motifs is 2. The van der Waals surface area contributed by atoms with Crippen molar-refractivity contribution in [2.24, 2.45) is 0 Å². The van der Waals surface area contributed by atoms with E-state index < -0.39 is 5.60 Å². The molecule has 174 valence electrons. The van der Waals surface area contributed by atoms with Gasteiger partial charge < -0.3 is 28.7 Å². The maximum absolute atomic E-state index is 12.8. The molecule has 0 atom stereocenters. The number of ether oxygens (including phenoxy) is 2. The number of amides is 1. The molecule has 2 aromatic carbocycles. The number of nitrogens with one attached hydrogen (secondary N) is 1. The Labute approximate surface area is 195 Å². The number of rotatable bonds is 5. The van der Waals surface area contributed by atoms with Crippen molar-refractivity contribution in [1.82, 2.24) is 4.90 Å². The predicted octanol–water partition coefficient (Wildman–Crippen LogP) is 4.49. The van der Waals surface area contributed by atoms with Gasteiger partial charge in [0.15, 0.2) is 17.3 Å². The lowest BCUT2D eigenvalue weighted by atomic mass is 9.84. The molecule has 0 radical (unpaired) electrons. The standard InChI is InChI=1S/C26H24N2O6/c29-25(27-19-4-6-22-23(14-19)33-16-32-22)24-13-17-12-18(3-5-21(17)34-24)26(30)7-9-28(10-8-26)15-20-2-1-11-31-20/h1-6,11-14,30H,7-10,15-16H2,(H,27,29). The summed E-state index contributed by atoms with van der Waals surface area (Å²) in [5.74, 6) is 2.01. The number of nitrogens with zero attached hydrogens (tertiary/aromatic N) is 1. The van der Waals surface area contributed by atoms with Crippen molar-refractivity contribution < 1.29 is 28.2 Å². The Kier molecular flexibility index (Phi) is 5.04. The Morgan fingerprint density at radius 2 is 1.88 bits per heavy atom. The van der Waals surface area contributed by atoms with Gasteiger partial charge in [0.2, 0.25) is 6.79 Å². The van der Waals surface area contributed by atoms with E-state index in [2.05, 4.69) is 10.2 Å². The van der Waals surface area contributed by atoms with Crippen molar-refractivity contribution in [2.75, 3.05) is 25.2 Å². The molecule has 2 aliphatic heterocycles. The van der Waals surface area contributed by atoms with Crippen LogP contribution in [-0.2, 0) is 12.1 Å². The van der Waals surface area contributed by atoms with Crippen molar-refractivity contribution >= 4 is 22.6 Å². The fourth-order valence-corrected chi connectivity index (χ4v) is 4.60. The summed E-state index contributed by atoms with van der Waals surface area (Å²) >= 11 is 0. The molecule has 2 aliphatic rings. The number of hydrogen-bond donors (Lipinski definition) is 2. The molecule has 0 unspecified atom stereocenters. The van der Waals surface area contributed by atoms with Gasteiger partial charge in [-0.1, -0.05) is 6.07 Å². The van der Waals surface area contributed by atoms with Crippen LogP contribution in [0.2, 0.25) is 0 Å². The minimum Gasteiger partial charge on any atom is -0.468 e. The molecule has 2 N–H and O–H groups in total. The Morgan fingerprint density at radius 3 is 2.71 bits per heavy atom. The molecule has 4 aromatic rings. The Bertz CT molecular complexity index is 1330. The zero-order valence-electron chi connectivity index (χ0n) is 18.5. The van der Waals surface area contributed by atoms with Crippen LogP contribution in [0.1, 0.15) is 34.7 Å². The van der Waals surface area contributed by atoms with Crippen molar-refractivity contribution in [1.29, 1.82) is 0 Å². The summed E-state index contributed by atoms with van der Waals surface area (Å²) in [5.41, 5.74) is 1.10. The van der Waals surface area contributed by atoms with Crippen molar-refractivity contribution in [3.8, 4) is 11.5 Å². The predicted molar refractivity (Wildman–Crippen MR) is 124 cm³/mol. The van der Waals surface area contributed by atoms with E-state index in [1.54, 1.807) is 30.5 Å². The molecule has 4 heterocycles. The van der Waals surface area contributed by atoms with Gasteiger partial charge in [0.1, 0.15) is 11.3 Å². The lowest BCUT2D eigenvalue weighted by molar-refractivity contribution is -0.0288. The zero-order chi connectivity index (χ0) is 23.1. The van der Waals surface area contributed by atoms with Gasteiger partial charge in [0.05, 0.1) is 18.4 Å². The summed E-state index contributed by atoms with van der Waals surface area (Å²) in [6, 6.07) is 16.4. The number of anilines is 1. The van der Waals surface area contributed by atoms with E-state index in [0.29, 0.717) is 35.6 Å². The van der Waals surface area contributed by atoms with Crippen LogP contribution >= 0.6 is 0 Å². The number of carbonyl (C=O) groups excluding carboxylic acids is 1. The SMILES string of the molecule is O=C(Nc1ccc2c(c1)OCO2)c1cc2cc(C3(O)CCN(Cc4ccco4)CC3)ccc2o1. The van der Waals surface area contributed by atoms with Crippen molar-refractivity contribution in [3.05, 3.63) is 77.9 Å². The lowest BCUT2D eigenvalue weighted by Gasteiger charge is -2.38. The summed E-state index contributed by atoms with van der Waals surface area (Å²) in [6.07, 6.45) is 2.92. The minimum absolute atomic E-state index is 0.174. The fraction of sp³-hybridized carbons (Fsp3) is 0.269. The van der Waals surface area contributed by atoms with Gasteiger partial charge in [0, 0.05) is 30.2 Å². The maximum Gasteiger partial charge on any atom is 0.291 e. The first-order chi connectivity index (χ1) is 16.6. The van der Waals surface area contributed by atoms with Crippen LogP contribution in [0.25, 0.3) is 11.0 Å². The van der Waals surface area contributed by atoms with Gasteiger partial charge in [-0.2, -0.15) is 0 Å². The van der Waals surface area contributed by atoms with E-state index in [4.69, 9.17) is 18.3 Å². The van der Waals surface area contributed by atoms with E-state index in [0.717, 1.165) is 36.3 Å². The molecule has 6 rings (SSSR count). The summed E-state index contributed by atoms with van der Waals surface area (Å²) in [6.45, 7) is 2.45. The number of carbonyl (C=O) groups is 1. The van der Waals surface area contributed by atoms with E-state index in [1.807, 2.05) is 30.3 Å². The van der Waals surface area contributed by atoms with Gasteiger partial charge in [-0.25, -0.2) is 0 Å². The molecule has 1 amide bonds. The van der Waals surface area contributed by atoms with Crippen LogP contribution in [0.4, 0.5) is 5.69 Å². The van der Waals surface area contributed by atoms with Crippen LogP contribution in [0.3, 0.4) is 0 Å². The van der Waals surface area contributed by atoms with Gasteiger partial charge in [-0.3, -0.25) is 9.69 Å². The van der Waals surface area contributed by atoms with Crippen LogP contribution in [0.5, 0.6) is 11.5 Å². The number of hydrogen-bond acceptors (Lipinski definition) is 7. The third kappa shape index (κ3) is 3.91. The van der Waals surface area contributed by atoms with Crippen LogP contribution in [0.15, 0.2) is 69.7 Å². The number of likely N-dealkylation sites (tertiary alicyclic amines) is 1. The molecule has 0 aliphatic carbocycles. The Balaban J connectivity index is 1.16. The molecular weight excluding hydrogens is 436 g/mol. The molecule has 1 fully saturated rings. The fourth-order valence-electron chi connectivity index (χ4n) is 4.60. The molecule has 0 spiro atoms. The van der Waals surface area contributed by atoms with E-state index in [9.17, 15) is 9.90 Å². The second-order valence-electron chi connectivity index (χ2n) is 8.77. The molecule has 8 nitrogen and oxygen atoms in total. The van der Waals surface area contributed by atoms with Crippen LogP contribution in [-0.4, -0.2) is 35.8 Å². The minimum atomic E-state index is -0.917. The summed E-state index contributed by atoms with van der Waals surface area (Å²) in [7, 11) is 0. The highest BCUT2D eigenvalue weighted by atomic mass is 16.7. The second-order valence-corrected chi connectivity index (χ2v) is 8.77. The number of benzene rings is 2. The van der Waals surface area contributed by atoms with Crippen LogP contribution < -0.4 is 14.8 Å². The monoisotopic (exact) mass is 460 g/mol. The normalized spacial score (nSPS) is 17.2. The average molecular weight is 460 g/mol. The molecule has 34 heavy (non-hydrogen) atoms. The first-order valence-corrected chi connectivity index (χ1v) is 11.3. The summed E-state index contributed by atoms with van der Waals surface area (Å²) in [4.78, 5) is 15.0. The third-order valence-electron chi connectivity index (χ3n) is 6.55. The lowest BCUT2D eigenvalue weighted by Crippen LogP contribution is -2.42. The van der Waals surface area contributed by atoms with Gasteiger partial charge in [-0.15, -0.1) is 0 Å². The van der Waals surface area contributed by atoms with E-state index in [-0.39, 0.29) is 18.5 Å². The van der Waals surface area contributed by atoms with Gasteiger partial charge >= 0.3 is 0 Å². The van der Waals surface area contributed by atoms with E-state index in [1.165, 1.54) is 0 Å². The summed E-state index contributed by atoms with van der Waals surface area (Å²) in [5, 5.41) is 15.0. The smallest absolute Gasteiger partial charge is 0.291 e. The third-order valence-corrected chi connectivity index (χ3v) is 6.55. The first kappa shape index (κ1) is 20.8. The largest absolute Gasteiger partial charge is 0.468 e. The topological polar surface area (TPSA) is 97.3 Å². The highest BCUT2D eigenvalue weighted by Crippen LogP contribution is 2.36.